The van der Waals surface area contributed by atoms with Crippen molar-refractivity contribution in [2.75, 3.05) is 32.0 Å². The molecule has 0 aliphatic rings. The summed E-state index contributed by atoms with van der Waals surface area (Å²) >= 11 is 0. The lowest BCUT2D eigenvalue weighted by molar-refractivity contribution is 0.0466. The standard InChI is InChI=1S/C13H20N2O2.H2O4S/c1-3-15(4-2)9-10-17-13(16)11-5-7-12(14)8-6-11;1-5(2,3)4/h5-8H,3-4,9-10,14H2,1-2H3;(H2,1,2,3,4). The Labute approximate surface area is 130 Å². The van der Waals surface area contributed by atoms with Gasteiger partial charge in [0.1, 0.15) is 6.61 Å². The maximum atomic E-state index is 11.6. The smallest absolute Gasteiger partial charge is 0.394 e. The first kappa shape index (κ1) is 20.3. The van der Waals surface area contributed by atoms with Gasteiger partial charge in [0, 0.05) is 12.2 Å². The van der Waals surface area contributed by atoms with Crippen LogP contribution in [0.3, 0.4) is 0 Å². The molecule has 1 rings (SSSR count). The fourth-order valence-electron chi connectivity index (χ4n) is 1.51. The third-order valence-electron chi connectivity index (χ3n) is 2.68. The molecular weight excluding hydrogens is 312 g/mol. The SMILES string of the molecule is CCN(CC)CCOC(=O)c1ccc(N)cc1.O=S(=O)(O)O. The molecule has 0 aromatic heterocycles. The van der Waals surface area contributed by atoms with Gasteiger partial charge in [-0.2, -0.15) is 8.42 Å². The monoisotopic (exact) mass is 334 g/mol. The van der Waals surface area contributed by atoms with Gasteiger partial charge in [0.25, 0.3) is 0 Å². The van der Waals surface area contributed by atoms with E-state index in [0.717, 1.165) is 19.6 Å². The van der Waals surface area contributed by atoms with Crippen LogP contribution in [0.25, 0.3) is 0 Å². The van der Waals surface area contributed by atoms with Crippen LogP contribution in [-0.2, 0) is 15.1 Å². The number of ether oxygens (including phenoxy) is 1. The lowest BCUT2D eigenvalue weighted by atomic mass is 10.2. The van der Waals surface area contributed by atoms with Gasteiger partial charge in [0.15, 0.2) is 0 Å². The fraction of sp³-hybridized carbons (Fsp3) is 0.462. The number of likely N-dealkylation sites (N-methyl/N-ethyl adjacent to an activating group) is 1. The zero-order valence-corrected chi connectivity index (χ0v) is 13.4. The third-order valence-corrected chi connectivity index (χ3v) is 2.68. The Hall–Kier alpha value is -1.68. The van der Waals surface area contributed by atoms with Crippen molar-refractivity contribution < 1.29 is 27.1 Å². The summed E-state index contributed by atoms with van der Waals surface area (Å²) in [5.74, 6) is -0.294. The van der Waals surface area contributed by atoms with Gasteiger partial charge in [-0.3, -0.25) is 9.11 Å². The van der Waals surface area contributed by atoms with Crippen molar-refractivity contribution in [2.24, 2.45) is 0 Å². The minimum Gasteiger partial charge on any atom is -0.461 e. The third kappa shape index (κ3) is 11.0. The normalized spacial score (nSPS) is 10.8. The van der Waals surface area contributed by atoms with E-state index in [1.807, 2.05) is 0 Å². The van der Waals surface area contributed by atoms with Crippen molar-refractivity contribution in [3.63, 3.8) is 0 Å². The second-order valence-electron chi connectivity index (χ2n) is 4.23. The number of hydrogen-bond donors (Lipinski definition) is 3. The molecule has 0 heterocycles. The van der Waals surface area contributed by atoms with Gasteiger partial charge in [0.2, 0.25) is 0 Å². The fourth-order valence-corrected chi connectivity index (χ4v) is 1.51. The summed E-state index contributed by atoms with van der Waals surface area (Å²) in [4.78, 5) is 13.8. The van der Waals surface area contributed by atoms with Crippen molar-refractivity contribution in [2.45, 2.75) is 13.8 Å². The van der Waals surface area contributed by atoms with Gasteiger partial charge < -0.3 is 15.4 Å². The lowest BCUT2D eigenvalue weighted by Gasteiger charge is -2.17. The molecule has 1 aromatic carbocycles. The highest BCUT2D eigenvalue weighted by Gasteiger charge is 2.07. The largest absolute Gasteiger partial charge is 0.461 e. The molecule has 126 valence electrons. The summed E-state index contributed by atoms with van der Waals surface area (Å²) in [6.45, 7) is 7.31. The first-order valence-corrected chi connectivity index (χ1v) is 8.02. The molecule has 0 aliphatic heterocycles. The zero-order chi connectivity index (χ0) is 17.2. The predicted octanol–water partition coefficient (Wildman–Crippen LogP) is 1.11. The summed E-state index contributed by atoms with van der Waals surface area (Å²) in [7, 11) is -4.67. The summed E-state index contributed by atoms with van der Waals surface area (Å²) in [6.07, 6.45) is 0. The van der Waals surface area contributed by atoms with Gasteiger partial charge in [-0.05, 0) is 37.4 Å². The maximum absolute atomic E-state index is 11.6. The Bertz CT molecular complexity index is 532. The van der Waals surface area contributed by atoms with E-state index in [2.05, 4.69) is 18.7 Å². The van der Waals surface area contributed by atoms with Crippen LogP contribution in [-0.4, -0.2) is 54.6 Å². The average Bonchev–Trinajstić information content (AvgIpc) is 2.42. The Morgan fingerprint density at radius 2 is 1.64 bits per heavy atom. The number of rotatable bonds is 6. The molecule has 0 bridgehead atoms. The first-order chi connectivity index (χ1) is 10.2. The minimum absolute atomic E-state index is 0.294. The van der Waals surface area contributed by atoms with E-state index in [9.17, 15) is 4.79 Å². The van der Waals surface area contributed by atoms with Crippen LogP contribution in [0.1, 0.15) is 24.2 Å². The van der Waals surface area contributed by atoms with Crippen LogP contribution in [0.15, 0.2) is 24.3 Å². The molecule has 22 heavy (non-hydrogen) atoms. The molecule has 0 atom stereocenters. The van der Waals surface area contributed by atoms with Gasteiger partial charge in [-0.1, -0.05) is 13.8 Å². The average molecular weight is 334 g/mol. The Balaban J connectivity index is 0.000000763. The van der Waals surface area contributed by atoms with Crippen LogP contribution < -0.4 is 5.73 Å². The summed E-state index contributed by atoms with van der Waals surface area (Å²) in [5, 5.41) is 0. The van der Waals surface area contributed by atoms with E-state index in [-0.39, 0.29) is 5.97 Å². The molecule has 0 aliphatic carbocycles. The summed E-state index contributed by atoms with van der Waals surface area (Å²) in [5.41, 5.74) is 6.73. The quantitative estimate of drug-likeness (QED) is 0.401. The molecule has 0 saturated carbocycles. The topological polar surface area (TPSA) is 130 Å². The highest BCUT2D eigenvalue weighted by atomic mass is 32.3. The molecule has 1 aromatic rings. The van der Waals surface area contributed by atoms with Crippen molar-refractivity contribution in [3.05, 3.63) is 29.8 Å². The Morgan fingerprint density at radius 1 is 1.18 bits per heavy atom. The van der Waals surface area contributed by atoms with Crippen molar-refractivity contribution >= 4 is 22.1 Å². The number of carbonyl (C=O) groups excluding carboxylic acids is 1. The van der Waals surface area contributed by atoms with E-state index < -0.39 is 10.4 Å². The number of carbonyl (C=O) groups is 1. The molecular formula is C13H22N2O6S. The van der Waals surface area contributed by atoms with E-state index in [1.54, 1.807) is 24.3 Å². The van der Waals surface area contributed by atoms with Crippen molar-refractivity contribution in [1.29, 1.82) is 0 Å². The maximum Gasteiger partial charge on any atom is 0.394 e. The number of nitrogen functional groups attached to an aromatic ring is 1. The van der Waals surface area contributed by atoms with Gasteiger partial charge in [-0.15, -0.1) is 0 Å². The number of nitrogens with zero attached hydrogens (tertiary/aromatic N) is 1. The predicted molar refractivity (Wildman–Crippen MR) is 83.1 cm³/mol. The lowest BCUT2D eigenvalue weighted by Crippen LogP contribution is -2.27. The number of hydrogen-bond acceptors (Lipinski definition) is 6. The minimum atomic E-state index is -4.67. The van der Waals surface area contributed by atoms with Crippen LogP contribution in [0, 0.1) is 0 Å². The second-order valence-corrected chi connectivity index (χ2v) is 5.13. The van der Waals surface area contributed by atoms with Crippen molar-refractivity contribution in [1.82, 2.24) is 4.90 Å². The first-order valence-electron chi connectivity index (χ1n) is 6.62. The molecule has 8 nitrogen and oxygen atoms in total. The van der Waals surface area contributed by atoms with Crippen molar-refractivity contribution in [3.8, 4) is 0 Å². The van der Waals surface area contributed by atoms with Gasteiger partial charge >= 0.3 is 16.4 Å². The molecule has 0 spiro atoms. The number of esters is 1. The van der Waals surface area contributed by atoms with Crippen LogP contribution in [0.4, 0.5) is 5.69 Å². The molecule has 4 N–H and O–H groups in total. The van der Waals surface area contributed by atoms with Crippen LogP contribution in [0.2, 0.25) is 0 Å². The summed E-state index contributed by atoms with van der Waals surface area (Å²) < 4.78 is 36.8. The Morgan fingerprint density at radius 3 is 2.05 bits per heavy atom. The van der Waals surface area contributed by atoms with Gasteiger partial charge in [0.05, 0.1) is 5.56 Å². The van der Waals surface area contributed by atoms with E-state index >= 15 is 0 Å². The van der Waals surface area contributed by atoms with Crippen LogP contribution >= 0.6 is 0 Å². The van der Waals surface area contributed by atoms with Gasteiger partial charge in [-0.25, -0.2) is 4.79 Å². The number of nitrogens with two attached hydrogens (primary N) is 1. The molecule has 0 radical (unpaired) electrons. The molecule has 9 heteroatoms. The highest BCUT2D eigenvalue weighted by molar-refractivity contribution is 7.79. The Kier molecular flexibility index (Phi) is 9.34. The highest BCUT2D eigenvalue weighted by Crippen LogP contribution is 2.06. The summed E-state index contributed by atoms with van der Waals surface area (Å²) in [6, 6.07) is 6.74. The second kappa shape index (κ2) is 10.1. The van der Waals surface area contributed by atoms with E-state index in [0.29, 0.717) is 17.9 Å². The van der Waals surface area contributed by atoms with E-state index in [1.165, 1.54) is 0 Å². The van der Waals surface area contributed by atoms with E-state index in [4.69, 9.17) is 28.0 Å². The molecule has 0 fully saturated rings. The molecule has 0 amide bonds. The molecule has 0 unspecified atom stereocenters. The molecule has 0 saturated heterocycles. The number of benzene rings is 1. The van der Waals surface area contributed by atoms with Crippen LogP contribution in [0.5, 0.6) is 0 Å². The zero-order valence-electron chi connectivity index (χ0n) is 12.6. The number of anilines is 1.